The number of nitrogens with zero attached hydrogens (tertiary/aromatic N) is 1. The maximum absolute atomic E-state index is 11.0. The summed E-state index contributed by atoms with van der Waals surface area (Å²) in [4.78, 5) is 23.1. The zero-order chi connectivity index (χ0) is 11.1. The fourth-order valence-corrected chi connectivity index (χ4v) is 1.58. The van der Waals surface area contributed by atoms with Crippen LogP contribution < -0.4 is 0 Å². The first-order valence-corrected chi connectivity index (χ1v) is 5.85. The summed E-state index contributed by atoms with van der Waals surface area (Å²) < 4.78 is 0. The van der Waals surface area contributed by atoms with Crippen molar-refractivity contribution in [3.8, 4) is 0 Å². The van der Waals surface area contributed by atoms with Crippen molar-refractivity contribution in [1.82, 2.24) is 4.90 Å². The van der Waals surface area contributed by atoms with E-state index in [1.807, 2.05) is 6.26 Å². The van der Waals surface area contributed by atoms with E-state index in [-0.39, 0.29) is 5.91 Å². The number of amides is 1. The van der Waals surface area contributed by atoms with Gasteiger partial charge in [-0.25, -0.2) is 4.79 Å². The Kier molecular flexibility index (Phi) is 6.36. The van der Waals surface area contributed by atoms with Gasteiger partial charge >= 0.3 is 5.97 Å². The van der Waals surface area contributed by atoms with Crippen LogP contribution in [0.4, 0.5) is 0 Å². The summed E-state index contributed by atoms with van der Waals surface area (Å²) in [5.41, 5.74) is 0. The molecule has 0 spiro atoms. The van der Waals surface area contributed by atoms with Crippen LogP contribution in [0.2, 0.25) is 0 Å². The number of rotatable bonds is 6. The van der Waals surface area contributed by atoms with Crippen LogP contribution in [0.5, 0.6) is 0 Å². The van der Waals surface area contributed by atoms with Crippen molar-refractivity contribution in [2.75, 3.05) is 19.1 Å². The van der Waals surface area contributed by atoms with Crippen molar-refractivity contribution in [1.29, 1.82) is 0 Å². The minimum Gasteiger partial charge on any atom is -0.480 e. The van der Waals surface area contributed by atoms with Crippen molar-refractivity contribution in [3.63, 3.8) is 0 Å². The van der Waals surface area contributed by atoms with E-state index in [0.717, 1.165) is 12.2 Å². The van der Waals surface area contributed by atoms with Crippen LogP contribution in [0, 0.1) is 0 Å². The van der Waals surface area contributed by atoms with Gasteiger partial charge in [0.1, 0.15) is 6.04 Å². The number of carboxylic acids is 1. The Bertz CT molecular complexity index is 208. The molecule has 0 aromatic rings. The van der Waals surface area contributed by atoms with Crippen LogP contribution in [0.1, 0.15) is 19.8 Å². The Morgan fingerprint density at radius 3 is 2.43 bits per heavy atom. The molecule has 0 rings (SSSR count). The molecule has 0 bridgehead atoms. The van der Waals surface area contributed by atoms with Gasteiger partial charge in [0.2, 0.25) is 5.91 Å². The molecule has 0 aliphatic heterocycles. The minimum atomic E-state index is -0.927. The largest absolute Gasteiger partial charge is 0.480 e. The second kappa shape index (κ2) is 6.70. The Morgan fingerprint density at radius 1 is 1.50 bits per heavy atom. The van der Waals surface area contributed by atoms with Gasteiger partial charge in [-0.1, -0.05) is 0 Å². The molecule has 1 unspecified atom stereocenters. The molecule has 0 radical (unpaired) electrons. The highest BCUT2D eigenvalue weighted by Crippen LogP contribution is 2.08. The minimum absolute atomic E-state index is 0.207. The first-order chi connectivity index (χ1) is 6.50. The second-order valence-corrected chi connectivity index (χ2v) is 4.10. The zero-order valence-corrected chi connectivity index (χ0v) is 9.63. The first-order valence-electron chi connectivity index (χ1n) is 4.45. The van der Waals surface area contributed by atoms with E-state index >= 15 is 0 Å². The smallest absolute Gasteiger partial charge is 0.326 e. The molecule has 4 nitrogen and oxygen atoms in total. The maximum Gasteiger partial charge on any atom is 0.326 e. The van der Waals surface area contributed by atoms with Gasteiger partial charge in [-0.3, -0.25) is 4.79 Å². The Hall–Kier alpha value is -0.710. The highest BCUT2D eigenvalue weighted by Gasteiger charge is 2.23. The number of carbonyl (C=O) groups is 2. The predicted molar refractivity (Wildman–Crippen MR) is 57.5 cm³/mol. The lowest BCUT2D eigenvalue weighted by atomic mass is 10.1. The van der Waals surface area contributed by atoms with Gasteiger partial charge in [0.05, 0.1) is 0 Å². The van der Waals surface area contributed by atoms with Crippen LogP contribution in [0.15, 0.2) is 0 Å². The lowest BCUT2D eigenvalue weighted by Crippen LogP contribution is -2.41. The Balaban J connectivity index is 4.15. The molecule has 14 heavy (non-hydrogen) atoms. The number of carbonyl (C=O) groups excluding carboxylic acids is 1. The van der Waals surface area contributed by atoms with E-state index < -0.39 is 12.0 Å². The highest BCUT2D eigenvalue weighted by molar-refractivity contribution is 7.98. The van der Waals surface area contributed by atoms with Crippen LogP contribution in [0.25, 0.3) is 0 Å². The number of hydrogen-bond donors (Lipinski definition) is 1. The van der Waals surface area contributed by atoms with E-state index in [4.69, 9.17) is 5.11 Å². The third-order valence-corrected chi connectivity index (χ3v) is 2.77. The highest BCUT2D eigenvalue weighted by atomic mass is 32.2. The molecular formula is C9H17NO3S. The molecule has 0 fully saturated rings. The van der Waals surface area contributed by atoms with E-state index in [1.54, 1.807) is 11.8 Å². The maximum atomic E-state index is 11.0. The Labute approximate surface area is 88.7 Å². The number of thioether (sulfide) groups is 1. The second-order valence-electron chi connectivity index (χ2n) is 3.12. The molecule has 0 aliphatic rings. The van der Waals surface area contributed by atoms with Gasteiger partial charge in [0.25, 0.3) is 0 Å². The molecule has 0 saturated carbocycles. The van der Waals surface area contributed by atoms with Gasteiger partial charge in [-0.05, 0) is 24.9 Å². The topological polar surface area (TPSA) is 57.6 Å². The summed E-state index contributed by atoms with van der Waals surface area (Å²) in [6, 6.07) is -0.681. The van der Waals surface area contributed by atoms with Gasteiger partial charge in [-0.2, -0.15) is 11.8 Å². The number of carboxylic acid groups (broad SMARTS) is 1. The number of likely N-dealkylation sites (N-methyl/N-ethyl adjacent to an activating group) is 1. The molecule has 5 heteroatoms. The zero-order valence-electron chi connectivity index (χ0n) is 8.82. The summed E-state index contributed by atoms with van der Waals surface area (Å²) >= 11 is 1.68. The molecule has 0 aromatic carbocycles. The molecule has 1 atom stereocenters. The fraction of sp³-hybridized carbons (Fsp3) is 0.778. The van der Waals surface area contributed by atoms with Gasteiger partial charge in [0.15, 0.2) is 0 Å². The first kappa shape index (κ1) is 13.3. The number of aliphatic carboxylic acids is 1. The van der Waals surface area contributed by atoms with Gasteiger partial charge in [-0.15, -0.1) is 0 Å². The molecule has 0 heterocycles. The molecule has 82 valence electrons. The third-order valence-electron chi connectivity index (χ3n) is 2.08. The quantitative estimate of drug-likeness (QED) is 0.679. The standard InChI is InChI=1S/C9H17NO3S/c1-7(11)10(2)8(9(12)13)5-4-6-14-3/h8H,4-6H2,1-3H3,(H,12,13). The van der Waals surface area contributed by atoms with Crippen molar-refractivity contribution in [2.45, 2.75) is 25.8 Å². The lowest BCUT2D eigenvalue weighted by Gasteiger charge is -2.23. The molecule has 1 N–H and O–H groups in total. The summed E-state index contributed by atoms with van der Waals surface area (Å²) in [6.45, 7) is 1.38. The van der Waals surface area contributed by atoms with E-state index in [2.05, 4.69) is 0 Å². The summed E-state index contributed by atoms with van der Waals surface area (Å²) in [6.07, 6.45) is 3.31. The van der Waals surface area contributed by atoms with Crippen molar-refractivity contribution in [2.24, 2.45) is 0 Å². The lowest BCUT2D eigenvalue weighted by molar-refractivity contribution is -0.148. The van der Waals surface area contributed by atoms with Crippen LogP contribution >= 0.6 is 11.8 Å². The number of hydrogen-bond acceptors (Lipinski definition) is 3. The van der Waals surface area contributed by atoms with Gasteiger partial charge in [0, 0.05) is 14.0 Å². The van der Waals surface area contributed by atoms with Crippen LogP contribution in [0.3, 0.4) is 0 Å². The van der Waals surface area contributed by atoms with E-state index in [9.17, 15) is 9.59 Å². The normalized spacial score (nSPS) is 12.2. The van der Waals surface area contributed by atoms with Crippen molar-refractivity contribution >= 4 is 23.6 Å². The molecule has 0 saturated heterocycles. The van der Waals surface area contributed by atoms with Gasteiger partial charge < -0.3 is 10.0 Å². The monoisotopic (exact) mass is 219 g/mol. The van der Waals surface area contributed by atoms with E-state index in [0.29, 0.717) is 6.42 Å². The molecule has 0 aliphatic carbocycles. The Morgan fingerprint density at radius 2 is 2.07 bits per heavy atom. The van der Waals surface area contributed by atoms with Crippen LogP contribution in [-0.4, -0.2) is 47.0 Å². The van der Waals surface area contributed by atoms with Crippen molar-refractivity contribution in [3.05, 3.63) is 0 Å². The summed E-state index contributed by atoms with van der Waals surface area (Å²) in [5.74, 6) is -0.208. The van der Waals surface area contributed by atoms with E-state index in [1.165, 1.54) is 18.9 Å². The molecule has 0 aromatic heterocycles. The molecular weight excluding hydrogens is 202 g/mol. The summed E-state index contributed by atoms with van der Waals surface area (Å²) in [5, 5.41) is 8.89. The predicted octanol–water partition coefficient (Wildman–Crippen LogP) is 1.06. The summed E-state index contributed by atoms with van der Waals surface area (Å²) in [7, 11) is 1.53. The fourth-order valence-electron chi connectivity index (χ4n) is 1.12. The van der Waals surface area contributed by atoms with Crippen molar-refractivity contribution < 1.29 is 14.7 Å². The average molecular weight is 219 g/mol. The third kappa shape index (κ3) is 4.50. The average Bonchev–Trinajstić information content (AvgIpc) is 2.10. The SMILES string of the molecule is CSCCCC(C(=O)O)N(C)C(C)=O. The van der Waals surface area contributed by atoms with Crippen LogP contribution in [-0.2, 0) is 9.59 Å². The molecule has 1 amide bonds.